The summed E-state index contributed by atoms with van der Waals surface area (Å²) in [5, 5.41) is 11.2. The van der Waals surface area contributed by atoms with Crippen LogP contribution >= 0.6 is 15.9 Å². The monoisotopic (exact) mass is 367 g/mol. The van der Waals surface area contributed by atoms with Gasteiger partial charge >= 0.3 is 0 Å². The van der Waals surface area contributed by atoms with E-state index in [9.17, 15) is 14.7 Å². The lowest BCUT2D eigenvalue weighted by molar-refractivity contribution is -0.172. The van der Waals surface area contributed by atoms with Gasteiger partial charge in [0, 0.05) is 23.5 Å². The van der Waals surface area contributed by atoms with E-state index in [2.05, 4.69) is 15.9 Å². The molecule has 5 nitrogen and oxygen atoms in total. The van der Waals surface area contributed by atoms with Gasteiger partial charge in [-0.15, -0.1) is 0 Å². The molecular formula is C16H18BrNO4. The van der Waals surface area contributed by atoms with E-state index in [0.29, 0.717) is 11.3 Å². The third-order valence-electron chi connectivity index (χ3n) is 4.49. The fourth-order valence-corrected chi connectivity index (χ4v) is 3.63. The van der Waals surface area contributed by atoms with Gasteiger partial charge in [0.05, 0.1) is 23.8 Å². The standard InChI is InChI=1S/C16H18BrNO4/c1-15(2)7-13(19)11(8-22-15)16(21)10-6-9(17)4-5-12(10)18(3)14(16)20/h4-6,11,21H,7-8H2,1-3H3/t11-,16-/m1/s1. The molecule has 0 spiro atoms. The lowest BCUT2D eigenvalue weighted by Crippen LogP contribution is -2.54. The van der Waals surface area contributed by atoms with Gasteiger partial charge in [0.25, 0.3) is 5.91 Å². The van der Waals surface area contributed by atoms with Gasteiger partial charge in [0.2, 0.25) is 0 Å². The lowest BCUT2D eigenvalue weighted by atomic mass is 9.76. The SMILES string of the molecule is CN1C(=O)[C@](O)([C@@H]2COC(C)(C)CC2=O)c2cc(Br)ccc21. The molecule has 1 N–H and O–H groups in total. The number of rotatable bonds is 1. The van der Waals surface area contributed by atoms with Crippen molar-refractivity contribution in [2.75, 3.05) is 18.6 Å². The highest BCUT2D eigenvalue weighted by molar-refractivity contribution is 9.10. The fraction of sp³-hybridized carbons (Fsp3) is 0.500. The number of benzene rings is 1. The van der Waals surface area contributed by atoms with E-state index in [-0.39, 0.29) is 18.8 Å². The Balaban J connectivity index is 2.08. The van der Waals surface area contributed by atoms with E-state index in [1.807, 2.05) is 13.8 Å². The van der Waals surface area contributed by atoms with Crippen LogP contribution < -0.4 is 4.90 Å². The van der Waals surface area contributed by atoms with Crippen LogP contribution in [0, 0.1) is 5.92 Å². The third-order valence-corrected chi connectivity index (χ3v) is 4.99. The molecule has 118 valence electrons. The highest BCUT2D eigenvalue weighted by Gasteiger charge is 2.58. The first-order valence-corrected chi connectivity index (χ1v) is 7.93. The molecule has 0 aliphatic carbocycles. The van der Waals surface area contributed by atoms with Gasteiger partial charge in [-0.2, -0.15) is 0 Å². The second-order valence-electron chi connectivity index (χ2n) is 6.56. The number of amides is 1. The number of anilines is 1. The number of ketones is 1. The molecule has 1 fully saturated rings. The van der Waals surface area contributed by atoms with Crippen molar-refractivity contribution in [2.24, 2.45) is 5.92 Å². The highest BCUT2D eigenvalue weighted by Crippen LogP contribution is 2.47. The van der Waals surface area contributed by atoms with Gasteiger partial charge in [-0.05, 0) is 32.0 Å². The van der Waals surface area contributed by atoms with Crippen LogP contribution in [-0.2, 0) is 19.9 Å². The molecule has 1 aromatic carbocycles. The maximum Gasteiger partial charge on any atom is 0.264 e. The zero-order valence-corrected chi connectivity index (χ0v) is 14.3. The predicted octanol–water partition coefficient (Wildman–Crippen LogP) is 2.00. The van der Waals surface area contributed by atoms with E-state index in [4.69, 9.17) is 4.74 Å². The summed E-state index contributed by atoms with van der Waals surface area (Å²) in [7, 11) is 1.60. The van der Waals surface area contributed by atoms with Crippen molar-refractivity contribution >= 4 is 33.3 Å². The van der Waals surface area contributed by atoms with E-state index in [1.54, 1.807) is 25.2 Å². The van der Waals surface area contributed by atoms with E-state index >= 15 is 0 Å². The van der Waals surface area contributed by atoms with E-state index < -0.39 is 23.0 Å². The van der Waals surface area contributed by atoms with Crippen molar-refractivity contribution in [1.29, 1.82) is 0 Å². The molecule has 1 amide bonds. The first-order valence-electron chi connectivity index (χ1n) is 7.14. The summed E-state index contributed by atoms with van der Waals surface area (Å²) in [6.45, 7) is 3.70. The second-order valence-corrected chi connectivity index (χ2v) is 7.47. The molecule has 0 radical (unpaired) electrons. The van der Waals surface area contributed by atoms with Gasteiger partial charge in [0.1, 0.15) is 5.78 Å². The number of hydrogen-bond donors (Lipinski definition) is 1. The summed E-state index contributed by atoms with van der Waals surface area (Å²) < 4.78 is 6.44. The van der Waals surface area contributed by atoms with Gasteiger partial charge in [-0.25, -0.2) is 0 Å². The molecule has 0 saturated carbocycles. The van der Waals surface area contributed by atoms with Crippen LogP contribution in [0.1, 0.15) is 25.8 Å². The number of carbonyl (C=O) groups excluding carboxylic acids is 2. The number of hydrogen-bond acceptors (Lipinski definition) is 4. The Hall–Kier alpha value is -1.24. The molecule has 2 aliphatic rings. The summed E-state index contributed by atoms with van der Waals surface area (Å²) in [4.78, 5) is 26.6. The number of aliphatic hydroxyl groups is 1. The summed E-state index contributed by atoms with van der Waals surface area (Å²) in [5.41, 5.74) is -1.34. The number of carbonyl (C=O) groups is 2. The molecule has 3 rings (SSSR count). The quantitative estimate of drug-likeness (QED) is 0.824. The van der Waals surface area contributed by atoms with Crippen molar-refractivity contribution < 1.29 is 19.4 Å². The average Bonchev–Trinajstić information content (AvgIpc) is 2.60. The largest absolute Gasteiger partial charge is 0.375 e. The minimum Gasteiger partial charge on any atom is -0.375 e. The molecule has 6 heteroatoms. The molecule has 1 aromatic rings. The van der Waals surface area contributed by atoms with Crippen LogP contribution in [0.5, 0.6) is 0 Å². The Morgan fingerprint density at radius 2 is 2.05 bits per heavy atom. The Morgan fingerprint density at radius 1 is 1.36 bits per heavy atom. The van der Waals surface area contributed by atoms with Crippen LogP contribution in [0.3, 0.4) is 0 Å². The van der Waals surface area contributed by atoms with Crippen molar-refractivity contribution in [3.05, 3.63) is 28.2 Å². The van der Waals surface area contributed by atoms with Gasteiger partial charge < -0.3 is 14.7 Å². The van der Waals surface area contributed by atoms with Crippen LogP contribution in [-0.4, -0.2) is 36.1 Å². The van der Waals surface area contributed by atoms with Crippen LogP contribution in [0.2, 0.25) is 0 Å². The highest BCUT2D eigenvalue weighted by atomic mass is 79.9. The van der Waals surface area contributed by atoms with Crippen molar-refractivity contribution in [1.82, 2.24) is 0 Å². The Labute approximate surface area is 137 Å². The van der Waals surface area contributed by atoms with E-state index in [0.717, 1.165) is 4.47 Å². The van der Waals surface area contributed by atoms with Gasteiger partial charge in [0.15, 0.2) is 5.60 Å². The van der Waals surface area contributed by atoms with Crippen LogP contribution in [0.4, 0.5) is 5.69 Å². The molecule has 2 atom stereocenters. The number of fused-ring (bicyclic) bond motifs is 1. The molecule has 22 heavy (non-hydrogen) atoms. The van der Waals surface area contributed by atoms with Gasteiger partial charge in [-0.3, -0.25) is 9.59 Å². The Bertz CT molecular complexity index is 672. The maximum absolute atomic E-state index is 12.7. The van der Waals surface area contributed by atoms with E-state index in [1.165, 1.54) is 4.90 Å². The predicted molar refractivity (Wildman–Crippen MR) is 84.6 cm³/mol. The molecule has 0 bridgehead atoms. The fourth-order valence-electron chi connectivity index (χ4n) is 3.27. The number of nitrogens with zero attached hydrogens (tertiary/aromatic N) is 1. The number of Topliss-reactive ketones (excluding diaryl/α,β-unsaturated/α-hetero) is 1. The molecular weight excluding hydrogens is 350 g/mol. The zero-order valence-electron chi connectivity index (χ0n) is 12.7. The molecule has 2 aliphatic heterocycles. The summed E-state index contributed by atoms with van der Waals surface area (Å²) in [6, 6.07) is 5.26. The van der Waals surface area contributed by atoms with Crippen molar-refractivity contribution in [2.45, 2.75) is 31.5 Å². The maximum atomic E-state index is 12.7. The molecule has 0 aromatic heterocycles. The smallest absolute Gasteiger partial charge is 0.264 e. The normalized spacial score (nSPS) is 30.6. The van der Waals surface area contributed by atoms with Gasteiger partial charge in [-0.1, -0.05) is 15.9 Å². The topological polar surface area (TPSA) is 66.8 Å². The third kappa shape index (κ3) is 2.13. The second kappa shape index (κ2) is 4.88. The Kier molecular flexibility index (Phi) is 3.47. The first-order chi connectivity index (χ1) is 10.2. The lowest BCUT2D eigenvalue weighted by Gasteiger charge is -2.39. The van der Waals surface area contributed by atoms with Crippen LogP contribution in [0.25, 0.3) is 0 Å². The molecule has 2 heterocycles. The van der Waals surface area contributed by atoms with Crippen molar-refractivity contribution in [3.8, 4) is 0 Å². The minimum absolute atomic E-state index is 0.0356. The summed E-state index contributed by atoms with van der Waals surface area (Å²) in [5.74, 6) is -1.51. The number of halogens is 1. The Morgan fingerprint density at radius 3 is 2.68 bits per heavy atom. The van der Waals surface area contributed by atoms with Crippen molar-refractivity contribution in [3.63, 3.8) is 0 Å². The number of ether oxygens (including phenoxy) is 1. The average molecular weight is 368 g/mol. The summed E-state index contributed by atoms with van der Waals surface area (Å²) in [6.07, 6.45) is 0.181. The van der Waals surface area contributed by atoms with Crippen LogP contribution in [0.15, 0.2) is 22.7 Å². The molecule has 1 saturated heterocycles. The minimum atomic E-state index is -1.86. The summed E-state index contributed by atoms with van der Waals surface area (Å²) >= 11 is 3.36. The number of likely N-dealkylation sites (N-methyl/N-ethyl adjacent to an activating group) is 1. The zero-order chi connectivity index (χ0) is 16.3. The molecule has 0 unspecified atom stereocenters. The first kappa shape index (κ1) is 15.6.